The second-order valence-electron chi connectivity index (χ2n) is 6.48. The molecule has 0 unspecified atom stereocenters. The molecule has 0 bridgehead atoms. The number of hydrogen-bond donors (Lipinski definition) is 0. The van der Waals surface area contributed by atoms with Crippen molar-refractivity contribution >= 4 is 51.2 Å². The highest BCUT2D eigenvalue weighted by Gasteiger charge is 2.34. The van der Waals surface area contributed by atoms with E-state index in [4.69, 9.17) is 8.83 Å². The molecular weight excluding hydrogens is 390 g/mol. The number of aromatic nitrogens is 3. The maximum atomic E-state index is 12.8. The Morgan fingerprint density at radius 3 is 2.21 bits per heavy atom. The smallest absolute Gasteiger partial charge is 0.288 e. The Labute approximate surface area is 166 Å². The van der Waals surface area contributed by atoms with Gasteiger partial charge in [-0.3, -0.25) is 9.59 Å². The van der Waals surface area contributed by atoms with Crippen LogP contribution in [0.25, 0.3) is 39.2 Å². The van der Waals surface area contributed by atoms with E-state index in [0.717, 1.165) is 10.8 Å². The van der Waals surface area contributed by atoms with Gasteiger partial charge < -0.3 is 8.83 Å². The number of thiazole rings is 1. The fraction of sp³-hybridized carbons (Fsp3) is 0. The number of rotatable bonds is 2. The van der Waals surface area contributed by atoms with Gasteiger partial charge in [0, 0.05) is 28.8 Å². The highest BCUT2D eigenvalue weighted by molar-refractivity contribution is 7.12. The lowest BCUT2D eigenvalue weighted by Crippen LogP contribution is -2.00. The number of allylic oxidation sites excluding steroid dienone is 1. The second kappa shape index (κ2) is 5.79. The molecule has 8 heteroatoms. The van der Waals surface area contributed by atoms with Gasteiger partial charge in [-0.05, 0) is 22.9 Å². The first-order chi connectivity index (χ1) is 14.2. The van der Waals surface area contributed by atoms with Crippen LogP contribution < -0.4 is 0 Å². The van der Waals surface area contributed by atoms with Crippen LogP contribution in [0.2, 0.25) is 0 Å². The molecule has 0 amide bonds. The van der Waals surface area contributed by atoms with Gasteiger partial charge in [-0.2, -0.15) is 9.97 Å². The zero-order valence-corrected chi connectivity index (χ0v) is 15.4. The topological polar surface area (TPSA) is 99.1 Å². The number of oxazole rings is 2. The Kier molecular flexibility index (Phi) is 3.21. The Bertz CT molecular complexity index is 1400. The van der Waals surface area contributed by atoms with Gasteiger partial charge >= 0.3 is 0 Å². The van der Waals surface area contributed by atoms with Crippen LogP contribution in [0.4, 0.5) is 0 Å². The minimum Gasteiger partial charge on any atom is -0.415 e. The van der Waals surface area contributed by atoms with Gasteiger partial charge in [0.1, 0.15) is 0 Å². The largest absolute Gasteiger partial charge is 0.415 e. The first-order valence-electron chi connectivity index (χ1n) is 8.68. The average molecular weight is 399 g/mol. The minimum atomic E-state index is -0.345. The van der Waals surface area contributed by atoms with Crippen molar-refractivity contribution in [1.29, 1.82) is 0 Å². The lowest BCUT2D eigenvalue weighted by atomic mass is 10.0. The molecule has 0 saturated carbocycles. The third-order valence-electron chi connectivity index (χ3n) is 4.74. The zero-order valence-electron chi connectivity index (χ0n) is 14.6. The van der Waals surface area contributed by atoms with Crippen molar-refractivity contribution in [2.45, 2.75) is 0 Å². The number of nitrogens with zero attached hydrogens (tertiary/aromatic N) is 3. The molecule has 5 aromatic rings. The van der Waals surface area contributed by atoms with E-state index in [-0.39, 0.29) is 34.5 Å². The third-order valence-corrected chi connectivity index (χ3v) is 5.50. The van der Waals surface area contributed by atoms with Gasteiger partial charge in [0.05, 0.1) is 5.57 Å². The average Bonchev–Trinajstić information content (AvgIpc) is 3.48. The number of carbonyl (C=O) groups is 2. The SMILES string of the molecule is O=C1C(=Cc2nc3oc(-c4nccs4)nc3o2)C(=O)c2cc3ccccc3cc21. The van der Waals surface area contributed by atoms with Gasteiger partial charge in [0.25, 0.3) is 17.3 Å². The molecule has 0 aliphatic heterocycles. The summed E-state index contributed by atoms with van der Waals surface area (Å²) in [6.45, 7) is 0. The molecule has 1 aliphatic rings. The first kappa shape index (κ1) is 16.1. The maximum Gasteiger partial charge on any atom is 0.288 e. The summed E-state index contributed by atoms with van der Waals surface area (Å²) in [4.78, 5) is 38.2. The summed E-state index contributed by atoms with van der Waals surface area (Å²) in [5, 5.41) is 4.23. The number of benzene rings is 2. The number of carbonyl (C=O) groups excluding carboxylic acids is 2. The van der Waals surface area contributed by atoms with Crippen molar-refractivity contribution in [1.82, 2.24) is 15.0 Å². The zero-order chi connectivity index (χ0) is 19.5. The van der Waals surface area contributed by atoms with E-state index in [1.807, 2.05) is 29.6 Å². The Morgan fingerprint density at radius 2 is 1.59 bits per heavy atom. The first-order valence-corrected chi connectivity index (χ1v) is 9.56. The molecule has 7 nitrogen and oxygen atoms in total. The van der Waals surface area contributed by atoms with Crippen molar-refractivity contribution in [3.05, 3.63) is 70.6 Å². The summed E-state index contributed by atoms with van der Waals surface area (Å²) in [7, 11) is 0. The molecule has 1 aliphatic carbocycles. The summed E-state index contributed by atoms with van der Waals surface area (Å²) in [5.74, 6) is -0.289. The summed E-state index contributed by atoms with van der Waals surface area (Å²) < 4.78 is 11.1. The van der Waals surface area contributed by atoms with E-state index in [9.17, 15) is 9.59 Å². The van der Waals surface area contributed by atoms with Gasteiger partial charge in [-0.1, -0.05) is 24.3 Å². The van der Waals surface area contributed by atoms with E-state index in [2.05, 4.69) is 15.0 Å². The molecule has 3 heterocycles. The van der Waals surface area contributed by atoms with Crippen LogP contribution in [-0.2, 0) is 0 Å². The Hall–Kier alpha value is -3.91. The number of Topliss-reactive ketones (excluding diaryl/α,β-unsaturated/α-hetero) is 2. The second-order valence-corrected chi connectivity index (χ2v) is 7.37. The highest BCUT2D eigenvalue weighted by atomic mass is 32.1. The van der Waals surface area contributed by atoms with Crippen LogP contribution in [0.15, 0.2) is 62.4 Å². The molecule has 138 valence electrons. The van der Waals surface area contributed by atoms with Crippen LogP contribution in [0.3, 0.4) is 0 Å². The molecule has 29 heavy (non-hydrogen) atoms. The number of hydrogen-bond acceptors (Lipinski definition) is 8. The van der Waals surface area contributed by atoms with Crippen LogP contribution in [0, 0.1) is 0 Å². The van der Waals surface area contributed by atoms with Crippen LogP contribution in [-0.4, -0.2) is 26.5 Å². The third kappa shape index (κ3) is 2.39. The minimum absolute atomic E-state index is 0.0133. The quantitative estimate of drug-likeness (QED) is 0.317. The van der Waals surface area contributed by atoms with E-state index < -0.39 is 0 Å². The van der Waals surface area contributed by atoms with Crippen LogP contribution in [0.5, 0.6) is 0 Å². The van der Waals surface area contributed by atoms with E-state index >= 15 is 0 Å². The summed E-state index contributed by atoms with van der Waals surface area (Å²) >= 11 is 1.38. The monoisotopic (exact) mass is 399 g/mol. The lowest BCUT2D eigenvalue weighted by molar-refractivity contribution is 0.0990. The van der Waals surface area contributed by atoms with E-state index in [1.54, 1.807) is 18.3 Å². The van der Waals surface area contributed by atoms with Gasteiger partial charge in [-0.25, -0.2) is 4.98 Å². The highest BCUT2D eigenvalue weighted by Crippen LogP contribution is 2.32. The predicted octanol–water partition coefficient (Wildman–Crippen LogP) is 4.56. The number of fused-ring (bicyclic) bond motifs is 3. The van der Waals surface area contributed by atoms with Crippen molar-refractivity contribution in [2.24, 2.45) is 0 Å². The van der Waals surface area contributed by atoms with Gasteiger partial charge in [-0.15, -0.1) is 11.3 Å². The molecule has 0 radical (unpaired) electrons. The molecule has 0 N–H and O–H groups in total. The predicted molar refractivity (Wildman–Crippen MR) is 106 cm³/mol. The molecule has 0 fully saturated rings. The van der Waals surface area contributed by atoms with Gasteiger partial charge in [0.15, 0.2) is 16.6 Å². The van der Waals surface area contributed by atoms with Crippen LogP contribution in [0.1, 0.15) is 26.6 Å². The molecule has 3 aromatic heterocycles. The van der Waals surface area contributed by atoms with E-state index in [1.165, 1.54) is 17.4 Å². The fourth-order valence-electron chi connectivity index (χ4n) is 3.40. The normalized spacial score (nSPS) is 13.6. The molecule has 0 spiro atoms. The summed E-state index contributed by atoms with van der Waals surface area (Å²) in [5.41, 5.74) is 1.16. The fourth-order valence-corrected chi connectivity index (χ4v) is 3.96. The molecule has 2 aromatic carbocycles. The Morgan fingerprint density at radius 1 is 0.897 bits per heavy atom. The molecule has 0 saturated heterocycles. The van der Waals surface area contributed by atoms with Crippen molar-refractivity contribution in [3.8, 4) is 10.9 Å². The van der Waals surface area contributed by atoms with E-state index in [0.29, 0.717) is 22.0 Å². The molecule has 0 atom stereocenters. The lowest BCUT2D eigenvalue weighted by Gasteiger charge is -2.00. The van der Waals surface area contributed by atoms with Crippen molar-refractivity contribution in [2.75, 3.05) is 0 Å². The number of ketones is 2. The summed E-state index contributed by atoms with van der Waals surface area (Å²) in [6, 6.07) is 11.1. The standard InChI is InChI=1S/C21H9N3O4S/c25-16-12-7-10-3-1-2-4-11(10)8-13(12)17(26)14(16)9-15-23-18-19(27-15)24-20(28-18)21-22-5-6-29-21/h1-9H. The summed E-state index contributed by atoms with van der Waals surface area (Å²) in [6.07, 6.45) is 2.99. The van der Waals surface area contributed by atoms with Crippen molar-refractivity contribution < 1.29 is 18.4 Å². The van der Waals surface area contributed by atoms with Crippen LogP contribution >= 0.6 is 11.3 Å². The Balaban J connectivity index is 1.41. The van der Waals surface area contributed by atoms with Crippen molar-refractivity contribution in [3.63, 3.8) is 0 Å². The molecular formula is C21H9N3O4S. The molecule has 6 rings (SSSR count). The van der Waals surface area contributed by atoms with Gasteiger partial charge in [0.2, 0.25) is 5.89 Å². The maximum absolute atomic E-state index is 12.8.